The summed E-state index contributed by atoms with van der Waals surface area (Å²) in [4.78, 5) is 10.8. The van der Waals surface area contributed by atoms with E-state index < -0.39 is 10.8 Å². The molecule has 0 aliphatic heterocycles. The smallest absolute Gasteiger partial charge is 0.302 e. The number of carbonyl (C=O) groups excluding carboxylic acids is 1. The van der Waals surface area contributed by atoms with Crippen LogP contribution in [0.1, 0.15) is 32.6 Å². The van der Waals surface area contributed by atoms with Crippen molar-refractivity contribution in [1.82, 2.24) is 0 Å². The predicted molar refractivity (Wildman–Crippen MR) is 51.9 cm³/mol. The molecule has 1 aliphatic rings. The fraction of sp³-hybridized carbons (Fsp3) is 0.889. The van der Waals surface area contributed by atoms with Crippen molar-refractivity contribution >= 4 is 16.8 Å². The first kappa shape index (κ1) is 10.7. The molecule has 0 heterocycles. The van der Waals surface area contributed by atoms with E-state index in [2.05, 4.69) is 0 Å². The molecule has 1 fully saturated rings. The second kappa shape index (κ2) is 4.74. The molecule has 0 N–H and O–H groups in total. The molecular weight excluding hydrogens is 188 g/mol. The minimum absolute atomic E-state index is 0.0534. The molecule has 1 aliphatic carbocycles. The lowest BCUT2D eigenvalue weighted by molar-refractivity contribution is -0.147. The zero-order chi connectivity index (χ0) is 9.84. The van der Waals surface area contributed by atoms with Crippen LogP contribution in [0.4, 0.5) is 0 Å². The highest BCUT2D eigenvalue weighted by Crippen LogP contribution is 2.24. The van der Waals surface area contributed by atoms with Crippen LogP contribution in [-0.2, 0) is 20.3 Å². The SMILES string of the molecule is CC(=O)OC1CCCC[C@@H]1S(C)=O. The summed E-state index contributed by atoms with van der Waals surface area (Å²) in [6.45, 7) is 1.41. The summed E-state index contributed by atoms with van der Waals surface area (Å²) in [7, 11) is -0.876. The molecule has 3 atom stereocenters. The summed E-state index contributed by atoms with van der Waals surface area (Å²) in [5.74, 6) is -0.262. The zero-order valence-electron chi connectivity index (χ0n) is 8.12. The van der Waals surface area contributed by atoms with Crippen molar-refractivity contribution in [1.29, 1.82) is 0 Å². The van der Waals surface area contributed by atoms with Crippen LogP contribution in [0.25, 0.3) is 0 Å². The van der Waals surface area contributed by atoms with Gasteiger partial charge in [-0.2, -0.15) is 0 Å². The number of esters is 1. The van der Waals surface area contributed by atoms with Gasteiger partial charge in [-0.3, -0.25) is 9.00 Å². The quantitative estimate of drug-likeness (QED) is 0.636. The normalized spacial score (nSPS) is 30.9. The van der Waals surface area contributed by atoms with Gasteiger partial charge in [0.2, 0.25) is 0 Å². The monoisotopic (exact) mass is 204 g/mol. The van der Waals surface area contributed by atoms with Crippen molar-refractivity contribution in [3.63, 3.8) is 0 Å². The van der Waals surface area contributed by atoms with Crippen LogP contribution >= 0.6 is 0 Å². The van der Waals surface area contributed by atoms with Crippen molar-refractivity contribution in [3.05, 3.63) is 0 Å². The lowest BCUT2D eigenvalue weighted by atomic mass is 9.97. The third-order valence-electron chi connectivity index (χ3n) is 2.39. The molecule has 0 aromatic carbocycles. The first-order chi connectivity index (χ1) is 6.11. The maximum absolute atomic E-state index is 11.3. The highest BCUT2D eigenvalue weighted by Gasteiger charge is 2.30. The van der Waals surface area contributed by atoms with Crippen LogP contribution in [0.15, 0.2) is 0 Å². The molecule has 3 nitrogen and oxygen atoms in total. The molecule has 0 bridgehead atoms. The summed E-state index contributed by atoms with van der Waals surface area (Å²) in [6.07, 6.45) is 5.53. The van der Waals surface area contributed by atoms with E-state index in [1.54, 1.807) is 6.26 Å². The summed E-state index contributed by atoms with van der Waals surface area (Å²) in [5.41, 5.74) is 0. The number of rotatable bonds is 2. The van der Waals surface area contributed by atoms with Crippen LogP contribution in [-0.4, -0.2) is 27.8 Å². The summed E-state index contributed by atoms with van der Waals surface area (Å²) >= 11 is 0. The fourth-order valence-electron chi connectivity index (χ4n) is 1.79. The molecule has 0 spiro atoms. The molecule has 13 heavy (non-hydrogen) atoms. The van der Waals surface area contributed by atoms with E-state index in [1.165, 1.54) is 6.92 Å². The van der Waals surface area contributed by atoms with E-state index in [0.29, 0.717) is 0 Å². The summed E-state index contributed by atoms with van der Waals surface area (Å²) < 4.78 is 16.4. The first-order valence-corrected chi connectivity index (χ1v) is 6.23. The molecule has 1 rings (SSSR count). The van der Waals surface area contributed by atoms with Gasteiger partial charge in [0.25, 0.3) is 0 Å². The Hall–Kier alpha value is -0.380. The Morgan fingerprint density at radius 1 is 1.38 bits per heavy atom. The Bertz CT molecular complexity index is 215. The standard InChI is InChI=1S/C9H16O3S/c1-7(10)12-8-5-3-4-6-9(8)13(2)11/h8-9H,3-6H2,1-2H3/t8?,9-,13?/m0/s1. The predicted octanol–water partition coefficient (Wildman–Crippen LogP) is 1.24. The van der Waals surface area contributed by atoms with Gasteiger partial charge >= 0.3 is 5.97 Å². The Kier molecular flexibility index (Phi) is 3.90. The van der Waals surface area contributed by atoms with E-state index in [0.717, 1.165) is 25.7 Å². The average Bonchev–Trinajstić information content (AvgIpc) is 2.03. The third kappa shape index (κ3) is 3.10. The highest BCUT2D eigenvalue weighted by atomic mass is 32.2. The maximum Gasteiger partial charge on any atom is 0.302 e. The van der Waals surface area contributed by atoms with Crippen molar-refractivity contribution < 1.29 is 13.7 Å². The Balaban J connectivity index is 2.56. The molecule has 76 valence electrons. The van der Waals surface area contributed by atoms with Crippen molar-refractivity contribution in [2.45, 2.75) is 44.0 Å². The Morgan fingerprint density at radius 2 is 2.00 bits per heavy atom. The van der Waals surface area contributed by atoms with Gasteiger partial charge in [0.1, 0.15) is 6.10 Å². The molecular formula is C9H16O3S. The first-order valence-electron chi connectivity index (χ1n) is 4.60. The van der Waals surface area contributed by atoms with Crippen molar-refractivity contribution in [3.8, 4) is 0 Å². The van der Waals surface area contributed by atoms with Crippen LogP contribution in [0.3, 0.4) is 0 Å². The van der Waals surface area contributed by atoms with E-state index in [1.807, 2.05) is 0 Å². The lowest BCUT2D eigenvalue weighted by Gasteiger charge is -2.29. The van der Waals surface area contributed by atoms with Gasteiger partial charge in [-0.05, 0) is 19.3 Å². The van der Waals surface area contributed by atoms with Crippen molar-refractivity contribution in [2.75, 3.05) is 6.26 Å². The van der Waals surface area contributed by atoms with Crippen LogP contribution in [0.2, 0.25) is 0 Å². The highest BCUT2D eigenvalue weighted by molar-refractivity contribution is 7.84. The number of carbonyl (C=O) groups is 1. The van der Waals surface area contributed by atoms with Gasteiger partial charge in [0.15, 0.2) is 0 Å². The number of hydrogen-bond acceptors (Lipinski definition) is 3. The third-order valence-corrected chi connectivity index (χ3v) is 3.78. The van der Waals surface area contributed by atoms with Gasteiger partial charge in [-0.25, -0.2) is 0 Å². The van der Waals surface area contributed by atoms with Crippen LogP contribution in [0, 0.1) is 0 Å². The molecule has 0 saturated heterocycles. The molecule has 2 unspecified atom stereocenters. The molecule has 0 aromatic rings. The second-order valence-corrected chi connectivity index (χ2v) is 5.07. The maximum atomic E-state index is 11.3. The molecule has 0 aromatic heterocycles. The largest absolute Gasteiger partial charge is 0.461 e. The fourth-order valence-corrected chi connectivity index (χ4v) is 2.91. The van der Waals surface area contributed by atoms with Gasteiger partial charge < -0.3 is 4.74 Å². The molecule has 4 heteroatoms. The second-order valence-electron chi connectivity index (χ2n) is 3.47. The Labute approximate surface area is 81.3 Å². The lowest BCUT2D eigenvalue weighted by Crippen LogP contribution is -2.36. The molecule has 0 radical (unpaired) electrons. The van der Waals surface area contributed by atoms with Crippen LogP contribution in [0.5, 0.6) is 0 Å². The minimum Gasteiger partial charge on any atom is -0.461 e. The zero-order valence-corrected chi connectivity index (χ0v) is 8.93. The topological polar surface area (TPSA) is 43.4 Å². The van der Waals surface area contributed by atoms with E-state index >= 15 is 0 Å². The van der Waals surface area contributed by atoms with Gasteiger partial charge in [0, 0.05) is 24.0 Å². The Morgan fingerprint density at radius 3 is 2.54 bits per heavy atom. The number of ether oxygens (including phenoxy) is 1. The van der Waals surface area contributed by atoms with E-state index in [-0.39, 0.29) is 17.3 Å². The van der Waals surface area contributed by atoms with Gasteiger partial charge in [0.05, 0.1) is 5.25 Å². The van der Waals surface area contributed by atoms with E-state index in [4.69, 9.17) is 4.74 Å². The minimum atomic E-state index is -0.876. The summed E-state index contributed by atoms with van der Waals surface area (Å²) in [5, 5.41) is 0.0534. The van der Waals surface area contributed by atoms with Gasteiger partial charge in [-0.1, -0.05) is 6.42 Å². The van der Waals surface area contributed by atoms with Gasteiger partial charge in [-0.15, -0.1) is 0 Å². The van der Waals surface area contributed by atoms with Crippen molar-refractivity contribution in [2.24, 2.45) is 0 Å². The van der Waals surface area contributed by atoms with E-state index in [9.17, 15) is 9.00 Å². The molecule has 0 amide bonds. The average molecular weight is 204 g/mol. The summed E-state index contributed by atoms with van der Waals surface area (Å²) in [6, 6.07) is 0. The molecule has 1 saturated carbocycles. The number of hydrogen-bond donors (Lipinski definition) is 0. The van der Waals surface area contributed by atoms with Crippen LogP contribution < -0.4 is 0 Å².